The van der Waals surface area contributed by atoms with Crippen molar-refractivity contribution in [3.05, 3.63) is 42.0 Å². The van der Waals surface area contributed by atoms with E-state index in [0.717, 1.165) is 31.6 Å². The minimum absolute atomic E-state index is 0.126. The molecule has 6 heteroatoms. The van der Waals surface area contributed by atoms with Crippen molar-refractivity contribution in [3.63, 3.8) is 0 Å². The molecule has 21 heavy (non-hydrogen) atoms. The molecule has 2 aromatic rings. The molecule has 1 fully saturated rings. The van der Waals surface area contributed by atoms with Crippen molar-refractivity contribution in [2.24, 2.45) is 5.92 Å². The Bertz CT molecular complexity index is 591. The molecule has 1 aromatic carbocycles. The molecule has 0 saturated carbocycles. The highest BCUT2D eigenvalue weighted by Crippen LogP contribution is 2.14. The van der Waals surface area contributed by atoms with Crippen LogP contribution in [-0.2, 0) is 17.6 Å². The maximum Gasteiger partial charge on any atom is 0.232 e. The van der Waals surface area contributed by atoms with Crippen molar-refractivity contribution >= 4 is 11.6 Å². The Hall–Kier alpha value is -2.21. The van der Waals surface area contributed by atoms with Crippen LogP contribution in [0.5, 0.6) is 0 Å². The standard InChI is InChI=1S/C15H18N4O2/c20-14(17-12-4-2-1-3-5-12)9-13-18-15(21-19-13)8-11-6-7-16-10-11/h1-5,11,16H,6-10H2,(H,17,20). The second-order valence-corrected chi connectivity index (χ2v) is 5.26. The number of carbonyl (C=O) groups is 1. The maximum atomic E-state index is 11.9. The van der Waals surface area contributed by atoms with Gasteiger partial charge in [-0.1, -0.05) is 23.4 Å². The van der Waals surface area contributed by atoms with E-state index < -0.39 is 0 Å². The molecule has 1 saturated heterocycles. The first-order chi connectivity index (χ1) is 10.3. The summed E-state index contributed by atoms with van der Waals surface area (Å²) in [7, 11) is 0. The van der Waals surface area contributed by atoms with E-state index >= 15 is 0 Å². The number of nitrogens with one attached hydrogen (secondary N) is 2. The van der Waals surface area contributed by atoms with Gasteiger partial charge in [0.15, 0.2) is 5.82 Å². The molecule has 3 rings (SSSR count). The van der Waals surface area contributed by atoms with E-state index in [0.29, 0.717) is 17.6 Å². The molecule has 1 unspecified atom stereocenters. The predicted molar refractivity (Wildman–Crippen MR) is 77.8 cm³/mol. The first-order valence-electron chi connectivity index (χ1n) is 7.16. The third-order valence-corrected chi connectivity index (χ3v) is 3.51. The van der Waals surface area contributed by atoms with Gasteiger partial charge in [-0.2, -0.15) is 4.98 Å². The number of rotatable bonds is 5. The van der Waals surface area contributed by atoms with Gasteiger partial charge in [-0.15, -0.1) is 0 Å². The lowest BCUT2D eigenvalue weighted by Gasteiger charge is -2.02. The molecule has 1 atom stereocenters. The number of aromatic nitrogens is 2. The number of hydrogen-bond acceptors (Lipinski definition) is 5. The lowest BCUT2D eigenvalue weighted by molar-refractivity contribution is -0.115. The molecule has 1 aliphatic rings. The summed E-state index contributed by atoms with van der Waals surface area (Å²) in [6, 6.07) is 9.33. The van der Waals surface area contributed by atoms with Gasteiger partial charge in [0.05, 0.1) is 6.42 Å². The van der Waals surface area contributed by atoms with Crippen LogP contribution in [0, 0.1) is 5.92 Å². The summed E-state index contributed by atoms with van der Waals surface area (Å²) in [6.07, 6.45) is 2.04. The lowest BCUT2D eigenvalue weighted by atomic mass is 10.1. The van der Waals surface area contributed by atoms with Gasteiger partial charge in [-0.3, -0.25) is 4.79 Å². The second-order valence-electron chi connectivity index (χ2n) is 5.26. The van der Waals surface area contributed by atoms with Gasteiger partial charge in [0.2, 0.25) is 11.8 Å². The Balaban J connectivity index is 1.53. The van der Waals surface area contributed by atoms with Crippen LogP contribution in [-0.4, -0.2) is 29.1 Å². The van der Waals surface area contributed by atoms with E-state index in [9.17, 15) is 4.79 Å². The summed E-state index contributed by atoms with van der Waals surface area (Å²) in [5.41, 5.74) is 0.767. The molecule has 2 heterocycles. The molecule has 0 spiro atoms. The first-order valence-corrected chi connectivity index (χ1v) is 7.16. The smallest absolute Gasteiger partial charge is 0.232 e. The maximum absolute atomic E-state index is 11.9. The van der Waals surface area contributed by atoms with Crippen molar-refractivity contribution < 1.29 is 9.32 Å². The highest BCUT2D eigenvalue weighted by Gasteiger charge is 2.19. The molecule has 1 aliphatic heterocycles. The summed E-state index contributed by atoms with van der Waals surface area (Å²) < 4.78 is 5.21. The van der Waals surface area contributed by atoms with Crippen LogP contribution in [0.25, 0.3) is 0 Å². The SMILES string of the molecule is O=C(Cc1noc(CC2CCNC2)n1)Nc1ccccc1. The van der Waals surface area contributed by atoms with E-state index in [1.807, 2.05) is 30.3 Å². The van der Waals surface area contributed by atoms with E-state index in [-0.39, 0.29) is 12.3 Å². The quantitative estimate of drug-likeness (QED) is 0.868. The Morgan fingerprint density at radius 2 is 2.24 bits per heavy atom. The van der Waals surface area contributed by atoms with Gasteiger partial charge in [-0.05, 0) is 37.6 Å². The van der Waals surface area contributed by atoms with Gasteiger partial charge in [0, 0.05) is 12.1 Å². The van der Waals surface area contributed by atoms with Crippen LogP contribution in [0.15, 0.2) is 34.9 Å². The van der Waals surface area contributed by atoms with Crippen molar-refractivity contribution in [1.29, 1.82) is 0 Å². The minimum Gasteiger partial charge on any atom is -0.339 e. The molecule has 110 valence electrons. The first kappa shape index (κ1) is 13.8. The van der Waals surface area contributed by atoms with Crippen LogP contribution < -0.4 is 10.6 Å². The van der Waals surface area contributed by atoms with Gasteiger partial charge in [0.25, 0.3) is 0 Å². The molecule has 2 N–H and O–H groups in total. The predicted octanol–water partition coefficient (Wildman–Crippen LogP) is 1.40. The molecule has 1 aromatic heterocycles. The Labute approximate surface area is 122 Å². The molecular formula is C15H18N4O2. The summed E-state index contributed by atoms with van der Waals surface area (Å²) in [6.45, 7) is 2.04. The van der Waals surface area contributed by atoms with Crippen LogP contribution in [0.3, 0.4) is 0 Å². The van der Waals surface area contributed by atoms with Gasteiger partial charge >= 0.3 is 0 Å². The van der Waals surface area contributed by atoms with Crippen LogP contribution in [0.4, 0.5) is 5.69 Å². The summed E-state index contributed by atoms with van der Waals surface area (Å²) in [5.74, 6) is 1.46. The number of benzene rings is 1. The molecule has 6 nitrogen and oxygen atoms in total. The second kappa shape index (κ2) is 6.49. The number of nitrogens with zero attached hydrogens (tertiary/aromatic N) is 2. The highest BCUT2D eigenvalue weighted by molar-refractivity contribution is 5.91. The number of para-hydroxylation sites is 1. The normalized spacial score (nSPS) is 17.8. The average Bonchev–Trinajstić information content (AvgIpc) is 3.13. The molecule has 1 amide bonds. The third kappa shape index (κ3) is 3.88. The lowest BCUT2D eigenvalue weighted by Crippen LogP contribution is -2.15. The zero-order chi connectivity index (χ0) is 14.5. The zero-order valence-corrected chi connectivity index (χ0v) is 11.7. The molecule has 0 bridgehead atoms. The highest BCUT2D eigenvalue weighted by atomic mass is 16.5. The summed E-state index contributed by atoms with van der Waals surface area (Å²) in [5, 5.41) is 9.98. The van der Waals surface area contributed by atoms with Gasteiger partial charge in [-0.25, -0.2) is 0 Å². The Morgan fingerprint density at radius 1 is 1.38 bits per heavy atom. The fraction of sp³-hybridized carbons (Fsp3) is 0.400. The number of carbonyl (C=O) groups excluding carboxylic acids is 1. The van der Waals surface area contributed by atoms with Gasteiger partial charge < -0.3 is 15.2 Å². The van der Waals surface area contributed by atoms with E-state index in [1.165, 1.54) is 0 Å². The number of anilines is 1. The van der Waals surface area contributed by atoms with E-state index in [1.54, 1.807) is 0 Å². The Morgan fingerprint density at radius 3 is 3.00 bits per heavy atom. The number of amides is 1. The number of hydrogen-bond donors (Lipinski definition) is 2. The van der Waals surface area contributed by atoms with Crippen molar-refractivity contribution in [2.45, 2.75) is 19.3 Å². The summed E-state index contributed by atoms with van der Waals surface area (Å²) >= 11 is 0. The van der Waals surface area contributed by atoms with Crippen LogP contribution in [0.1, 0.15) is 18.1 Å². The minimum atomic E-state index is -0.143. The van der Waals surface area contributed by atoms with Crippen molar-refractivity contribution in [3.8, 4) is 0 Å². The fourth-order valence-corrected chi connectivity index (χ4v) is 2.45. The largest absolute Gasteiger partial charge is 0.339 e. The van der Waals surface area contributed by atoms with Crippen molar-refractivity contribution in [1.82, 2.24) is 15.5 Å². The molecule has 0 radical (unpaired) electrons. The Kier molecular flexibility index (Phi) is 4.25. The monoisotopic (exact) mass is 286 g/mol. The zero-order valence-electron chi connectivity index (χ0n) is 11.7. The molecule has 0 aliphatic carbocycles. The van der Waals surface area contributed by atoms with E-state index in [2.05, 4.69) is 20.8 Å². The fourth-order valence-electron chi connectivity index (χ4n) is 2.45. The van der Waals surface area contributed by atoms with E-state index in [4.69, 9.17) is 4.52 Å². The van der Waals surface area contributed by atoms with Crippen LogP contribution in [0.2, 0.25) is 0 Å². The van der Waals surface area contributed by atoms with Crippen molar-refractivity contribution in [2.75, 3.05) is 18.4 Å². The topological polar surface area (TPSA) is 80.1 Å². The van der Waals surface area contributed by atoms with Crippen LogP contribution >= 0.6 is 0 Å². The summed E-state index contributed by atoms with van der Waals surface area (Å²) in [4.78, 5) is 16.2. The third-order valence-electron chi connectivity index (χ3n) is 3.51. The molecular weight excluding hydrogens is 268 g/mol. The van der Waals surface area contributed by atoms with Gasteiger partial charge in [0.1, 0.15) is 0 Å². The average molecular weight is 286 g/mol.